The molecule has 0 unspecified atom stereocenters. The van der Waals surface area contributed by atoms with Crippen LogP contribution in [0.25, 0.3) is 22.2 Å². The van der Waals surface area contributed by atoms with Crippen LogP contribution in [0, 0.1) is 5.82 Å². The van der Waals surface area contributed by atoms with E-state index in [1.54, 1.807) is 7.05 Å². The zero-order valence-electron chi connectivity index (χ0n) is 21.8. The van der Waals surface area contributed by atoms with Gasteiger partial charge in [-0.05, 0) is 29.8 Å². The van der Waals surface area contributed by atoms with Gasteiger partial charge in [-0.1, -0.05) is 0 Å². The van der Waals surface area contributed by atoms with Crippen LogP contribution in [0.5, 0.6) is 11.5 Å². The molecule has 0 atom stereocenters. The average Bonchev–Trinajstić information content (AvgIpc) is 3.64. The number of nitrogens with zero attached hydrogens (tertiary/aromatic N) is 6. The Balaban J connectivity index is 1.62. The lowest BCUT2D eigenvalue weighted by Gasteiger charge is -2.15. The van der Waals surface area contributed by atoms with Gasteiger partial charge in [-0.15, -0.1) is 10.2 Å². The van der Waals surface area contributed by atoms with E-state index < -0.39 is 35.7 Å². The van der Waals surface area contributed by atoms with E-state index in [4.69, 9.17) is 9.47 Å². The van der Waals surface area contributed by atoms with E-state index in [1.165, 1.54) is 43.6 Å². The van der Waals surface area contributed by atoms with Crippen LogP contribution in [-0.2, 0) is 38.2 Å². The molecule has 0 radical (unpaired) electrons. The number of aromatic nitrogens is 7. The number of carbonyl (C=O) groups is 1. The molecule has 0 aliphatic rings. The van der Waals surface area contributed by atoms with E-state index in [9.17, 15) is 22.8 Å². The molecule has 0 saturated carbocycles. The second-order valence-corrected chi connectivity index (χ2v) is 8.98. The second kappa shape index (κ2) is 10.4. The first-order chi connectivity index (χ1) is 19.5. The van der Waals surface area contributed by atoms with Gasteiger partial charge in [0.2, 0.25) is 5.91 Å². The van der Waals surface area contributed by atoms with Gasteiger partial charge in [0.05, 0.1) is 35.6 Å². The van der Waals surface area contributed by atoms with Crippen LogP contribution in [0.2, 0.25) is 0 Å². The number of ether oxygens (including phenoxy) is 2. The maximum absolute atomic E-state index is 15.3. The highest BCUT2D eigenvalue weighted by Gasteiger charge is 2.33. The fourth-order valence-electron chi connectivity index (χ4n) is 4.38. The largest absolute Gasteiger partial charge is 0.493 e. The lowest BCUT2D eigenvalue weighted by atomic mass is 9.99. The third-order valence-electron chi connectivity index (χ3n) is 6.21. The van der Waals surface area contributed by atoms with Crippen molar-refractivity contribution >= 4 is 22.6 Å². The number of hydrogen-bond donors (Lipinski definition) is 2. The number of aryl methyl sites for hydroxylation is 2. The molecule has 0 spiro atoms. The van der Waals surface area contributed by atoms with Crippen LogP contribution in [0.4, 0.5) is 23.2 Å². The molecule has 3 heterocycles. The number of fused-ring (bicyclic) bond motifs is 1. The summed E-state index contributed by atoms with van der Waals surface area (Å²) in [5, 5.41) is 13.8. The molecule has 5 rings (SSSR count). The Morgan fingerprint density at radius 3 is 2.59 bits per heavy atom. The summed E-state index contributed by atoms with van der Waals surface area (Å²) in [4.78, 5) is 28.6. The highest BCUT2D eigenvalue weighted by Crippen LogP contribution is 2.41. The van der Waals surface area contributed by atoms with Gasteiger partial charge in [-0.3, -0.25) is 18.6 Å². The molecule has 214 valence electrons. The summed E-state index contributed by atoms with van der Waals surface area (Å²) in [6, 6.07) is 3.86. The summed E-state index contributed by atoms with van der Waals surface area (Å²) in [5.41, 5.74) is -1.76. The van der Waals surface area contributed by atoms with Crippen molar-refractivity contribution in [2.45, 2.75) is 19.3 Å². The third-order valence-corrected chi connectivity index (χ3v) is 6.21. The second-order valence-electron chi connectivity index (χ2n) is 8.98. The maximum Gasteiger partial charge on any atom is 0.416 e. The minimum Gasteiger partial charge on any atom is -0.493 e. The number of amides is 1. The molecule has 0 saturated heterocycles. The minimum atomic E-state index is -4.82. The maximum atomic E-state index is 15.3. The molecule has 41 heavy (non-hydrogen) atoms. The number of aromatic amines is 1. The zero-order chi connectivity index (χ0) is 29.5. The van der Waals surface area contributed by atoms with Gasteiger partial charge in [0.25, 0.3) is 0 Å². The van der Waals surface area contributed by atoms with Crippen molar-refractivity contribution in [2.24, 2.45) is 14.1 Å². The number of carbonyl (C=O) groups excluding carboxylic acids is 1. The Labute approximate surface area is 228 Å². The van der Waals surface area contributed by atoms with Crippen LogP contribution in [-0.4, -0.2) is 47.1 Å². The number of methoxy groups -OCH3 is 1. The Kier molecular flexibility index (Phi) is 6.98. The number of halogens is 4. The molecule has 1 amide bonds. The quantitative estimate of drug-likeness (QED) is 0.272. The van der Waals surface area contributed by atoms with E-state index in [2.05, 4.69) is 25.6 Å². The normalized spacial score (nSPS) is 11.7. The Bertz CT molecular complexity index is 1800. The van der Waals surface area contributed by atoms with Crippen LogP contribution in [0.15, 0.2) is 47.8 Å². The van der Waals surface area contributed by atoms with Crippen molar-refractivity contribution in [1.29, 1.82) is 0 Å². The van der Waals surface area contributed by atoms with Gasteiger partial charge >= 0.3 is 11.9 Å². The Morgan fingerprint density at radius 2 is 1.95 bits per heavy atom. The summed E-state index contributed by atoms with van der Waals surface area (Å²) in [6.07, 6.45) is -0.609. The molecule has 16 heteroatoms. The topological polar surface area (TPSA) is 134 Å². The van der Waals surface area contributed by atoms with Crippen molar-refractivity contribution in [3.05, 3.63) is 70.7 Å². The summed E-state index contributed by atoms with van der Waals surface area (Å²) in [6.45, 7) is -0.767. The molecule has 2 N–H and O–H groups in total. The van der Waals surface area contributed by atoms with Gasteiger partial charge in [0, 0.05) is 25.9 Å². The predicted molar refractivity (Wildman–Crippen MR) is 137 cm³/mol. The van der Waals surface area contributed by atoms with Crippen molar-refractivity contribution < 1.29 is 31.8 Å². The predicted octanol–water partition coefficient (Wildman–Crippen LogP) is 3.24. The molecular weight excluding hydrogens is 552 g/mol. The van der Waals surface area contributed by atoms with E-state index in [0.29, 0.717) is 11.5 Å². The van der Waals surface area contributed by atoms with Gasteiger partial charge < -0.3 is 19.8 Å². The number of H-pyrrole nitrogens is 1. The summed E-state index contributed by atoms with van der Waals surface area (Å²) in [7, 11) is 4.23. The molecule has 0 aliphatic heterocycles. The monoisotopic (exact) mass is 574 g/mol. The number of nitrogens with one attached hydrogen (secondary N) is 2. The highest BCUT2D eigenvalue weighted by molar-refractivity contribution is 5.96. The van der Waals surface area contributed by atoms with E-state index in [0.717, 1.165) is 27.3 Å². The molecule has 2 aromatic carbocycles. The van der Waals surface area contributed by atoms with Crippen molar-refractivity contribution in [3.63, 3.8) is 0 Å². The highest BCUT2D eigenvalue weighted by atomic mass is 19.4. The summed E-state index contributed by atoms with van der Waals surface area (Å²) < 4.78 is 71.5. The number of rotatable bonds is 8. The number of hydrogen-bond acceptors (Lipinski definition) is 7. The van der Waals surface area contributed by atoms with Gasteiger partial charge in [0.15, 0.2) is 23.1 Å². The minimum absolute atomic E-state index is 0.0185. The van der Waals surface area contributed by atoms with Crippen LogP contribution in [0.1, 0.15) is 11.4 Å². The van der Waals surface area contributed by atoms with Crippen molar-refractivity contribution in [3.8, 4) is 22.6 Å². The molecule has 12 nitrogen and oxygen atoms in total. The Morgan fingerprint density at radius 1 is 1.17 bits per heavy atom. The van der Waals surface area contributed by atoms with Crippen molar-refractivity contribution in [2.75, 3.05) is 12.4 Å². The van der Waals surface area contributed by atoms with E-state index in [-0.39, 0.29) is 40.3 Å². The van der Waals surface area contributed by atoms with Gasteiger partial charge in [0.1, 0.15) is 19.5 Å². The lowest BCUT2D eigenvalue weighted by Crippen LogP contribution is -2.28. The third kappa shape index (κ3) is 5.35. The molecule has 3 aromatic heterocycles. The summed E-state index contributed by atoms with van der Waals surface area (Å²) in [5.74, 6) is -1.68. The number of anilines is 1. The van der Waals surface area contributed by atoms with Crippen molar-refractivity contribution in [1.82, 2.24) is 34.1 Å². The van der Waals surface area contributed by atoms with Crippen LogP contribution >= 0.6 is 0 Å². The number of imidazole rings is 1. The molecular formula is C25H22F4N8O4. The standard InChI is InChI=1S/C25H22F4N8O4/c1-35-9-15(8-32-35)33-21(38)10-37-18-7-14(25(27,28)29)6-16(22(18)36(2)24(37)39)13-4-17(26)23(19(5-13)40-3)41-11-20-30-12-31-34-20/h4-9,12H,10-11H2,1-3H3,(H,33,38)(H,30,31,34). The molecule has 0 aliphatic carbocycles. The van der Waals surface area contributed by atoms with Crippen LogP contribution in [0.3, 0.4) is 0 Å². The van der Waals surface area contributed by atoms with Gasteiger partial charge in [-0.2, -0.15) is 18.3 Å². The number of alkyl halides is 3. The SMILES string of the molecule is COc1cc(-c2cc(C(F)(F)F)cc3c2n(C)c(=O)n3CC(=O)Nc2cnn(C)c2)cc(F)c1OCc1nnc[nH]1. The lowest BCUT2D eigenvalue weighted by molar-refractivity contribution is -0.137. The molecule has 0 bridgehead atoms. The molecule has 5 aromatic rings. The average molecular weight is 574 g/mol. The first-order valence-electron chi connectivity index (χ1n) is 11.9. The number of benzene rings is 2. The van der Waals surface area contributed by atoms with E-state index in [1.807, 2.05) is 0 Å². The molecule has 0 fully saturated rings. The fraction of sp³-hybridized carbons (Fsp3) is 0.240. The first-order valence-corrected chi connectivity index (χ1v) is 11.9. The zero-order valence-corrected chi connectivity index (χ0v) is 21.8. The van der Waals surface area contributed by atoms with Crippen LogP contribution < -0.4 is 20.5 Å². The Hall–Kier alpha value is -5.15. The summed E-state index contributed by atoms with van der Waals surface area (Å²) >= 11 is 0. The van der Waals surface area contributed by atoms with Gasteiger partial charge in [-0.25, -0.2) is 9.18 Å². The first kappa shape index (κ1) is 27.4. The fourth-order valence-corrected chi connectivity index (χ4v) is 4.38. The smallest absolute Gasteiger partial charge is 0.416 e. The van der Waals surface area contributed by atoms with E-state index >= 15 is 4.39 Å².